The molecule has 18 heavy (non-hydrogen) atoms. The van der Waals surface area contributed by atoms with Gasteiger partial charge in [0.25, 0.3) is 0 Å². The number of alkyl carbamates (subject to hydrolysis) is 1. The van der Waals surface area contributed by atoms with Crippen molar-refractivity contribution in [2.75, 3.05) is 20.3 Å². The predicted octanol–water partition coefficient (Wildman–Crippen LogP) is -1.81. The van der Waals surface area contributed by atoms with E-state index in [0.717, 1.165) is 0 Å². The first-order chi connectivity index (χ1) is 8.54. The molecule has 8 nitrogen and oxygen atoms in total. The molecule has 0 saturated carbocycles. The number of methoxy groups -OCH3 is 1. The summed E-state index contributed by atoms with van der Waals surface area (Å²) in [6.07, 6.45) is -5.35. The Morgan fingerprint density at radius 1 is 1.39 bits per heavy atom. The maximum atomic E-state index is 11.3. The van der Waals surface area contributed by atoms with Gasteiger partial charge in [0.05, 0.1) is 13.2 Å². The van der Waals surface area contributed by atoms with Crippen LogP contribution in [0.25, 0.3) is 0 Å². The smallest absolute Gasteiger partial charge is 0.407 e. The van der Waals surface area contributed by atoms with Crippen LogP contribution in [0.4, 0.5) is 4.79 Å². The third kappa shape index (κ3) is 3.30. The van der Waals surface area contributed by atoms with Crippen LogP contribution in [0.2, 0.25) is 0 Å². The molecule has 106 valence electrons. The Morgan fingerprint density at radius 2 is 2.06 bits per heavy atom. The number of ether oxygens (including phenoxy) is 3. The van der Waals surface area contributed by atoms with Crippen LogP contribution >= 0.6 is 0 Å². The number of amides is 1. The number of aliphatic hydroxyl groups excluding tert-OH is 3. The summed E-state index contributed by atoms with van der Waals surface area (Å²) in [6, 6.07) is -0.980. The molecule has 5 atom stereocenters. The van der Waals surface area contributed by atoms with E-state index in [2.05, 4.69) is 10.1 Å². The summed E-state index contributed by atoms with van der Waals surface area (Å²) in [5, 5.41) is 30.9. The lowest BCUT2D eigenvalue weighted by molar-refractivity contribution is -0.262. The molecule has 1 rings (SSSR count). The summed E-state index contributed by atoms with van der Waals surface area (Å²) < 4.78 is 14.8. The van der Waals surface area contributed by atoms with Crippen LogP contribution in [0.1, 0.15) is 6.92 Å². The summed E-state index contributed by atoms with van der Waals surface area (Å²) in [6.45, 7) is 1.34. The van der Waals surface area contributed by atoms with Crippen molar-refractivity contribution >= 4 is 6.09 Å². The van der Waals surface area contributed by atoms with Gasteiger partial charge in [0.1, 0.15) is 24.4 Å². The second kappa shape index (κ2) is 6.86. The van der Waals surface area contributed by atoms with Crippen molar-refractivity contribution in [1.29, 1.82) is 0 Å². The normalized spacial score (nSPS) is 36.2. The van der Waals surface area contributed by atoms with Crippen molar-refractivity contribution in [1.82, 2.24) is 5.32 Å². The van der Waals surface area contributed by atoms with E-state index in [0.29, 0.717) is 0 Å². The summed E-state index contributed by atoms with van der Waals surface area (Å²) in [5.41, 5.74) is 0. The molecule has 0 bridgehead atoms. The molecule has 1 saturated heterocycles. The van der Waals surface area contributed by atoms with Crippen molar-refractivity contribution < 1.29 is 34.3 Å². The van der Waals surface area contributed by atoms with Gasteiger partial charge < -0.3 is 34.8 Å². The second-order valence-corrected chi connectivity index (χ2v) is 3.83. The largest absolute Gasteiger partial charge is 0.450 e. The van der Waals surface area contributed by atoms with Crippen molar-refractivity contribution in [3.05, 3.63) is 0 Å². The molecule has 1 aliphatic heterocycles. The first kappa shape index (κ1) is 15.1. The van der Waals surface area contributed by atoms with E-state index in [-0.39, 0.29) is 6.61 Å². The van der Waals surface area contributed by atoms with E-state index in [1.165, 1.54) is 7.11 Å². The number of hydrogen-bond acceptors (Lipinski definition) is 7. The van der Waals surface area contributed by atoms with Gasteiger partial charge in [0.15, 0.2) is 6.29 Å². The van der Waals surface area contributed by atoms with E-state index in [1.807, 2.05) is 0 Å². The number of hydrogen-bond donors (Lipinski definition) is 4. The van der Waals surface area contributed by atoms with Crippen LogP contribution in [0.5, 0.6) is 0 Å². The van der Waals surface area contributed by atoms with Crippen molar-refractivity contribution in [2.45, 2.75) is 37.6 Å². The Kier molecular flexibility index (Phi) is 5.76. The first-order valence-corrected chi connectivity index (χ1v) is 5.63. The second-order valence-electron chi connectivity index (χ2n) is 3.83. The van der Waals surface area contributed by atoms with Gasteiger partial charge in [-0.15, -0.1) is 0 Å². The molecule has 0 aliphatic carbocycles. The minimum absolute atomic E-state index is 0.176. The fraction of sp³-hybridized carbons (Fsp3) is 0.900. The number of aliphatic hydroxyl groups is 3. The standard InChI is InChI=1S/C10H19NO7/c1-3-17-10(15)11-6-8(14)7(13)5(4-12)18-9(6)16-2/h5-9,12-14H,3-4H2,1-2H3,(H,11,15)/t5-,6-,7+,8-,9-/m0/s1. The maximum absolute atomic E-state index is 11.3. The molecule has 1 heterocycles. The summed E-state index contributed by atoms with van der Waals surface area (Å²) in [4.78, 5) is 11.3. The van der Waals surface area contributed by atoms with E-state index in [9.17, 15) is 15.0 Å². The number of carbonyl (C=O) groups is 1. The van der Waals surface area contributed by atoms with Crippen molar-refractivity contribution in [3.8, 4) is 0 Å². The van der Waals surface area contributed by atoms with Gasteiger partial charge in [-0.05, 0) is 6.92 Å². The van der Waals surface area contributed by atoms with Gasteiger partial charge in [-0.25, -0.2) is 4.79 Å². The summed E-state index contributed by atoms with van der Waals surface area (Å²) in [7, 11) is 1.32. The number of nitrogens with one attached hydrogen (secondary N) is 1. The molecule has 0 radical (unpaired) electrons. The fourth-order valence-corrected chi connectivity index (χ4v) is 1.75. The van der Waals surface area contributed by atoms with Gasteiger partial charge in [-0.2, -0.15) is 0 Å². The quantitative estimate of drug-likeness (QED) is 0.473. The van der Waals surface area contributed by atoms with E-state index >= 15 is 0 Å². The lowest BCUT2D eigenvalue weighted by atomic mass is 9.97. The molecular formula is C10H19NO7. The zero-order valence-corrected chi connectivity index (χ0v) is 10.3. The lowest BCUT2D eigenvalue weighted by Crippen LogP contribution is -2.64. The molecule has 1 fully saturated rings. The SMILES string of the molecule is CCOC(=O)N[C@@H]1[C@@H](OC)O[C@@H](CO)[C@@H](O)[C@H]1O. The fourth-order valence-electron chi connectivity index (χ4n) is 1.75. The molecule has 0 aromatic rings. The zero-order valence-electron chi connectivity index (χ0n) is 10.3. The molecule has 0 aromatic carbocycles. The van der Waals surface area contributed by atoms with Gasteiger partial charge in [0, 0.05) is 7.11 Å². The van der Waals surface area contributed by atoms with E-state index in [4.69, 9.17) is 14.6 Å². The molecule has 4 N–H and O–H groups in total. The highest BCUT2D eigenvalue weighted by molar-refractivity contribution is 5.67. The van der Waals surface area contributed by atoms with Crippen LogP contribution in [-0.2, 0) is 14.2 Å². The van der Waals surface area contributed by atoms with Crippen molar-refractivity contribution in [3.63, 3.8) is 0 Å². The van der Waals surface area contributed by atoms with Gasteiger partial charge in [0.2, 0.25) is 0 Å². The van der Waals surface area contributed by atoms with Crippen LogP contribution < -0.4 is 5.32 Å². The molecule has 0 unspecified atom stereocenters. The topological polar surface area (TPSA) is 117 Å². The highest BCUT2D eigenvalue weighted by Gasteiger charge is 2.45. The third-order valence-electron chi connectivity index (χ3n) is 2.67. The van der Waals surface area contributed by atoms with Crippen LogP contribution in [0.15, 0.2) is 0 Å². The van der Waals surface area contributed by atoms with Crippen LogP contribution in [0, 0.1) is 0 Å². The summed E-state index contributed by atoms with van der Waals surface area (Å²) in [5.74, 6) is 0. The Labute approximate surface area is 104 Å². The maximum Gasteiger partial charge on any atom is 0.407 e. The lowest BCUT2D eigenvalue weighted by Gasteiger charge is -2.41. The Balaban J connectivity index is 2.71. The molecule has 1 aliphatic rings. The first-order valence-electron chi connectivity index (χ1n) is 5.63. The van der Waals surface area contributed by atoms with Gasteiger partial charge in [-0.3, -0.25) is 0 Å². The monoisotopic (exact) mass is 265 g/mol. The zero-order chi connectivity index (χ0) is 13.7. The van der Waals surface area contributed by atoms with E-state index in [1.54, 1.807) is 6.92 Å². The Hall–Kier alpha value is -0.930. The Bertz CT molecular complexity index is 273. The molecule has 0 spiro atoms. The number of carbonyl (C=O) groups excluding carboxylic acids is 1. The molecule has 1 amide bonds. The number of rotatable bonds is 4. The minimum Gasteiger partial charge on any atom is -0.450 e. The minimum atomic E-state index is -1.33. The predicted molar refractivity (Wildman–Crippen MR) is 58.7 cm³/mol. The van der Waals surface area contributed by atoms with Crippen LogP contribution in [0.3, 0.4) is 0 Å². The van der Waals surface area contributed by atoms with Crippen molar-refractivity contribution in [2.24, 2.45) is 0 Å². The molecule has 8 heteroatoms. The average molecular weight is 265 g/mol. The van der Waals surface area contributed by atoms with E-state index < -0.39 is 43.3 Å². The van der Waals surface area contributed by atoms with Crippen LogP contribution in [-0.4, -0.2) is 72.4 Å². The highest BCUT2D eigenvalue weighted by atomic mass is 16.7. The third-order valence-corrected chi connectivity index (χ3v) is 2.67. The van der Waals surface area contributed by atoms with Gasteiger partial charge in [-0.1, -0.05) is 0 Å². The van der Waals surface area contributed by atoms with Gasteiger partial charge >= 0.3 is 6.09 Å². The Morgan fingerprint density at radius 3 is 2.56 bits per heavy atom. The summed E-state index contributed by atoms with van der Waals surface area (Å²) >= 11 is 0. The average Bonchev–Trinajstić information content (AvgIpc) is 2.36. The highest BCUT2D eigenvalue weighted by Crippen LogP contribution is 2.21. The molecular weight excluding hydrogens is 246 g/mol. The molecule has 0 aromatic heterocycles.